The van der Waals surface area contributed by atoms with E-state index in [0.717, 1.165) is 16.1 Å². The van der Waals surface area contributed by atoms with Gasteiger partial charge in [-0.25, -0.2) is 0 Å². The molecule has 0 fully saturated rings. The average molecular weight is 226 g/mol. The summed E-state index contributed by atoms with van der Waals surface area (Å²) in [5.41, 5.74) is 0.945. The Bertz CT molecular complexity index is 565. The van der Waals surface area contributed by atoms with E-state index in [1.165, 1.54) is 4.90 Å². The van der Waals surface area contributed by atoms with Crippen LogP contribution in [0, 0.1) is 0 Å². The molecule has 0 aliphatic rings. The van der Waals surface area contributed by atoms with Crippen LogP contribution in [0.15, 0.2) is 75.1 Å². The lowest BCUT2D eigenvalue weighted by Gasteiger charge is -1.95. The SMILES string of the molecule is c1ccc(Sc2cc3ccccc3o2)cc1. The van der Waals surface area contributed by atoms with E-state index in [2.05, 4.69) is 24.3 Å². The van der Waals surface area contributed by atoms with Crippen molar-refractivity contribution in [3.63, 3.8) is 0 Å². The van der Waals surface area contributed by atoms with Crippen molar-refractivity contribution in [2.24, 2.45) is 0 Å². The second-order valence-corrected chi connectivity index (χ2v) is 4.60. The largest absolute Gasteiger partial charge is 0.450 e. The molecule has 0 atom stereocenters. The lowest BCUT2D eigenvalue weighted by molar-refractivity contribution is 0.515. The van der Waals surface area contributed by atoms with E-state index in [4.69, 9.17) is 4.42 Å². The van der Waals surface area contributed by atoms with E-state index in [9.17, 15) is 0 Å². The van der Waals surface area contributed by atoms with Crippen LogP contribution in [0.4, 0.5) is 0 Å². The van der Waals surface area contributed by atoms with Crippen molar-refractivity contribution in [2.75, 3.05) is 0 Å². The predicted molar refractivity (Wildman–Crippen MR) is 66.8 cm³/mol. The molecule has 16 heavy (non-hydrogen) atoms. The van der Waals surface area contributed by atoms with Crippen molar-refractivity contribution in [2.45, 2.75) is 9.99 Å². The Morgan fingerprint density at radius 1 is 0.812 bits per heavy atom. The van der Waals surface area contributed by atoms with Gasteiger partial charge in [0, 0.05) is 10.3 Å². The third kappa shape index (κ3) is 1.84. The second-order valence-electron chi connectivity index (χ2n) is 3.52. The summed E-state index contributed by atoms with van der Waals surface area (Å²) in [5, 5.41) is 2.09. The molecule has 0 aliphatic carbocycles. The minimum Gasteiger partial charge on any atom is -0.450 e. The molecule has 0 unspecified atom stereocenters. The minimum atomic E-state index is 0.937. The lowest BCUT2D eigenvalue weighted by Crippen LogP contribution is -1.67. The smallest absolute Gasteiger partial charge is 0.166 e. The highest BCUT2D eigenvalue weighted by Gasteiger charge is 2.03. The monoisotopic (exact) mass is 226 g/mol. The van der Waals surface area contributed by atoms with Gasteiger partial charge in [-0.05, 0) is 24.3 Å². The van der Waals surface area contributed by atoms with Gasteiger partial charge in [-0.2, -0.15) is 0 Å². The number of rotatable bonds is 2. The topological polar surface area (TPSA) is 13.1 Å². The third-order valence-electron chi connectivity index (χ3n) is 2.36. The van der Waals surface area contributed by atoms with Gasteiger partial charge in [0.2, 0.25) is 0 Å². The van der Waals surface area contributed by atoms with Crippen LogP contribution >= 0.6 is 11.8 Å². The van der Waals surface area contributed by atoms with E-state index < -0.39 is 0 Å². The first kappa shape index (κ1) is 9.55. The van der Waals surface area contributed by atoms with E-state index in [-0.39, 0.29) is 0 Å². The zero-order valence-corrected chi connectivity index (χ0v) is 9.41. The zero-order chi connectivity index (χ0) is 10.8. The van der Waals surface area contributed by atoms with Crippen LogP contribution < -0.4 is 0 Å². The van der Waals surface area contributed by atoms with Gasteiger partial charge in [0.25, 0.3) is 0 Å². The van der Waals surface area contributed by atoms with E-state index in [1.807, 2.05) is 36.4 Å². The summed E-state index contributed by atoms with van der Waals surface area (Å²) in [5.74, 6) is 0. The summed E-state index contributed by atoms with van der Waals surface area (Å²) in [6.07, 6.45) is 0. The first-order chi connectivity index (χ1) is 7.92. The highest BCUT2D eigenvalue weighted by Crippen LogP contribution is 2.32. The van der Waals surface area contributed by atoms with Gasteiger partial charge in [0.05, 0.1) is 0 Å². The van der Waals surface area contributed by atoms with Crippen LogP contribution in [0.25, 0.3) is 11.0 Å². The van der Waals surface area contributed by atoms with E-state index in [0.29, 0.717) is 0 Å². The molecule has 1 aromatic heterocycles. The molecule has 1 nitrogen and oxygen atoms in total. The molecular weight excluding hydrogens is 216 g/mol. The molecule has 1 heterocycles. The molecule has 0 amide bonds. The van der Waals surface area contributed by atoms with Crippen LogP contribution in [0.2, 0.25) is 0 Å². The molecular formula is C14H10OS. The molecule has 0 saturated heterocycles. The second kappa shape index (κ2) is 4.06. The number of hydrogen-bond donors (Lipinski definition) is 0. The van der Waals surface area contributed by atoms with Crippen LogP contribution in [-0.2, 0) is 0 Å². The molecule has 0 N–H and O–H groups in total. The van der Waals surface area contributed by atoms with Crippen molar-refractivity contribution >= 4 is 22.7 Å². The van der Waals surface area contributed by atoms with Gasteiger partial charge in [0.1, 0.15) is 5.58 Å². The fourth-order valence-corrected chi connectivity index (χ4v) is 2.46. The summed E-state index contributed by atoms with van der Waals surface area (Å²) in [6.45, 7) is 0. The quantitative estimate of drug-likeness (QED) is 0.634. The standard InChI is InChI=1S/C14H10OS/c1-2-7-12(8-3-1)16-14-10-11-6-4-5-9-13(11)15-14/h1-10H. The first-order valence-corrected chi connectivity index (χ1v) is 5.95. The van der Waals surface area contributed by atoms with Crippen molar-refractivity contribution in [3.8, 4) is 0 Å². The number of hydrogen-bond acceptors (Lipinski definition) is 2. The molecule has 3 aromatic rings. The van der Waals surface area contributed by atoms with Gasteiger partial charge < -0.3 is 4.42 Å². The van der Waals surface area contributed by atoms with Gasteiger partial charge in [-0.1, -0.05) is 48.2 Å². The Balaban J connectivity index is 1.95. The van der Waals surface area contributed by atoms with Gasteiger partial charge in [-0.15, -0.1) is 0 Å². The average Bonchev–Trinajstić information content (AvgIpc) is 2.72. The first-order valence-electron chi connectivity index (χ1n) is 5.13. The Morgan fingerprint density at radius 3 is 2.38 bits per heavy atom. The summed E-state index contributed by atoms with van der Waals surface area (Å²) in [6, 6.07) is 20.4. The molecule has 0 saturated carbocycles. The number of benzene rings is 2. The molecule has 3 rings (SSSR count). The molecule has 0 bridgehead atoms. The fraction of sp³-hybridized carbons (Fsp3) is 0. The van der Waals surface area contributed by atoms with Gasteiger partial charge in [-0.3, -0.25) is 0 Å². The Kier molecular flexibility index (Phi) is 2.43. The van der Waals surface area contributed by atoms with Crippen molar-refractivity contribution in [1.29, 1.82) is 0 Å². The van der Waals surface area contributed by atoms with Gasteiger partial charge >= 0.3 is 0 Å². The Morgan fingerprint density at radius 2 is 1.56 bits per heavy atom. The van der Waals surface area contributed by atoms with Gasteiger partial charge in [0.15, 0.2) is 5.09 Å². The van der Waals surface area contributed by atoms with Crippen LogP contribution in [-0.4, -0.2) is 0 Å². The highest BCUT2D eigenvalue weighted by atomic mass is 32.2. The minimum absolute atomic E-state index is 0.937. The normalized spacial score (nSPS) is 10.8. The van der Waals surface area contributed by atoms with Crippen molar-refractivity contribution < 1.29 is 4.42 Å². The third-order valence-corrected chi connectivity index (χ3v) is 3.27. The van der Waals surface area contributed by atoms with E-state index in [1.54, 1.807) is 11.8 Å². The summed E-state index contributed by atoms with van der Waals surface area (Å²) < 4.78 is 5.73. The summed E-state index contributed by atoms with van der Waals surface area (Å²) >= 11 is 1.65. The van der Waals surface area contributed by atoms with E-state index >= 15 is 0 Å². The molecule has 0 aliphatic heterocycles. The van der Waals surface area contributed by atoms with Crippen LogP contribution in [0.5, 0.6) is 0 Å². The number of furan rings is 1. The number of para-hydroxylation sites is 1. The summed E-state index contributed by atoms with van der Waals surface area (Å²) in [4.78, 5) is 1.20. The van der Waals surface area contributed by atoms with Crippen LogP contribution in [0.3, 0.4) is 0 Å². The predicted octanol–water partition coefficient (Wildman–Crippen LogP) is 4.58. The maximum Gasteiger partial charge on any atom is 0.166 e. The molecule has 2 heteroatoms. The van der Waals surface area contributed by atoms with Crippen molar-refractivity contribution in [1.82, 2.24) is 0 Å². The lowest BCUT2D eigenvalue weighted by atomic mass is 10.3. The molecule has 78 valence electrons. The fourth-order valence-electron chi connectivity index (χ4n) is 1.61. The summed E-state index contributed by atoms with van der Waals surface area (Å²) in [7, 11) is 0. The maximum absolute atomic E-state index is 5.73. The maximum atomic E-state index is 5.73. The highest BCUT2D eigenvalue weighted by molar-refractivity contribution is 7.99. The number of fused-ring (bicyclic) bond motifs is 1. The van der Waals surface area contributed by atoms with Crippen molar-refractivity contribution in [3.05, 3.63) is 60.7 Å². The zero-order valence-electron chi connectivity index (χ0n) is 8.59. The molecule has 0 spiro atoms. The van der Waals surface area contributed by atoms with Crippen LogP contribution in [0.1, 0.15) is 0 Å². The molecule has 2 aromatic carbocycles. The Hall–Kier alpha value is -1.67. The Labute approximate surface area is 98.1 Å². The molecule has 0 radical (unpaired) electrons.